The summed E-state index contributed by atoms with van der Waals surface area (Å²) in [5, 5.41) is 2.11. The first-order valence-electron chi connectivity index (χ1n) is 3.10. The van der Waals surface area contributed by atoms with Crippen molar-refractivity contribution in [1.29, 1.82) is 0 Å². The first-order valence-corrected chi connectivity index (χ1v) is 3.10. The van der Waals surface area contributed by atoms with Gasteiger partial charge in [0.15, 0.2) is 0 Å². The van der Waals surface area contributed by atoms with Gasteiger partial charge in [0.25, 0.3) is 0 Å². The van der Waals surface area contributed by atoms with Gasteiger partial charge >= 0.3 is 0 Å². The second-order valence-electron chi connectivity index (χ2n) is 1.88. The van der Waals surface area contributed by atoms with Crippen LogP contribution in [0.4, 0.5) is 0 Å². The molecular formula is C6H12N2. The Balaban J connectivity index is 2.16. The van der Waals surface area contributed by atoms with Crippen molar-refractivity contribution in [2.75, 3.05) is 13.1 Å². The Morgan fingerprint density at radius 3 is 3.12 bits per heavy atom. The van der Waals surface area contributed by atoms with Gasteiger partial charge in [0, 0.05) is 19.3 Å². The van der Waals surface area contributed by atoms with Gasteiger partial charge in [-0.1, -0.05) is 13.0 Å². The van der Waals surface area contributed by atoms with Crippen LogP contribution in [0.5, 0.6) is 0 Å². The summed E-state index contributed by atoms with van der Waals surface area (Å²) in [7, 11) is 0. The number of nitrogens with zero attached hydrogens (tertiary/aromatic N) is 1. The summed E-state index contributed by atoms with van der Waals surface area (Å²) in [4.78, 5) is 0. The van der Waals surface area contributed by atoms with Crippen LogP contribution in [-0.2, 0) is 0 Å². The monoisotopic (exact) mass is 112 g/mol. The number of hydrogen-bond acceptors (Lipinski definition) is 2. The Labute approximate surface area is 50.1 Å². The molecule has 0 aromatic rings. The molecule has 0 fully saturated rings. The lowest BCUT2D eigenvalue weighted by Gasteiger charge is -2.14. The van der Waals surface area contributed by atoms with Gasteiger partial charge in [-0.05, 0) is 6.42 Å². The van der Waals surface area contributed by atoms with E-state index >= 15 is 0 Å². The van der Waals surface area contributed by atoms with Gasteiger partial charge in [-0.2, -0.15) is 0 Å². The standard InChI is InChI=1S/C6H12N2/c1-2-7-8-5-3-4-6-8/h3,5,7H,2,4,6H2,1H3. The van der Waals surface area contributed by atoms with Crippen LogP contribution in [0.15, 0.2) is 12.3 Å². The molecule has 0 aliphatic carbocycles. The summed E-state index contributed by atoms with van der Waals surface area (Å²) in [6.07, 6.45) is 5.44. The highest BCUT2D eigenvalue weighted by Crippen LogP contribution is 1.98. The third-order valence-corrected chi connectivity index (χ3v) is 1.18. The molecule has 0 aromatic carbocycles. The normalized spacial score (nSPS) is 17.9. The van der Waals surface area contributed by atoms with E-state index in [0.717, 1.165) is 13.1 Å². The van der Waals surface area contributed by atoms with Crippen molar-refractivity contribution in [3.05, 3.63) is 12.3 Å². The first kappa shape index (κ1) is 5.63. The Bertz CT molecular complexity index is 88.5. The lowest BCUT2D eigenvalue weighted by atomic mass is 10.5. The molecule has 0 saturated heterocycles. The van der Waals surface area contributed by atoms with E-state index in [4.69, 9.17) is 0 Å². The maximum atomic E-state index is 3.19. The quantitative estimate of drug-likeness (QED) is 0.566. The molecule has 0 saturated carbocycles. The molecule has 0 radical (unpaired) electrons. The molecule has 2 nitrogen and oxygen atoms in total. The van der Waals surface area contributed by atoms with E-state index in [0.29, 0.717) is 0 Å². The molecule has 0 atom stereocenters. The fourth-order valence-corrected chi connectivity index (χ4v) is 0.825. The van der Waals surface area contributed by atoms with Crippen LogP contribution in [0.1, 0.15) is 13.3 Å². The van der Waals surface area contributed by atoms with Crippen molar-refractivity contribution in [2.24, 2.45) is 0 Å². The lowest BCUT2D eigenvalue weighted by Crippen LogP contribution is -2.31. The Kier molecular flexibility index (Phi) is 1.92. The Hall–Kier alpha value is -0.500. The molecule has 1 aliphatic heterocycles. The SMILES string of the molecule is CCNN1C=CCC1. The van der Waals surface area contributed by atoms with Crippen LogP contribution in [0.3, 0.4) is 0 Å². The van der Waals surface area contributed by atoms with Crippen molar-refractivity contribution in [1.82, 2.24) is 10.4 Å². The summed E-state index contributed by atoms with van der Waals surface area (Å²) in [6.45, 7) is 4.25. The van der Waals surface area contributed by atoms with E-state index in [1.54, 1.807) is 0 Å². The Morgan fingerprint density at radius 1 is 1.75 bits per heavy atom. The predicted molar refractivity (Wildman–Crippen MR) is 34.1 cm³/mol. The zero-order valence-corrected chi connectivity index (χ0v) is 5.22. The number of hydrazine groups is 1. The van der Waals surface area contributed by atoms with E-state index in [9.17, 15) is 0 Å². The summed E-state index contributed by atoms with van der Waals surface area (Å²) in [5.41, 5.74) is 3.19. The van der Waals surface area contributed by atoms with Gasteiger partial charge < -0.3 is 5.01 Å². The highest BCUT2D eigenvalue weighted by atomic mass is 15.5. The topological polar surface area (TPSA) is 15.3 Å². The van der Waals surface area contributed by atoms with Crippen LogP contribution in [-0.4, -0.2) is 18.1 Å². The molecule has 0 aromatic heterocycles. The average molecular weight is 112 g/mol. The van der Waals surface area contributed by atoms with Gasteiger partial charge in [0.2, 0.25) is 0 Å². The number of hydrogen-bond donors (Lipinski definition) is 1. The summed E-state index contributed by atoms with van der Waals surface area (Å²) in [5.74, 6) is 0. The minimum atomic E-state index is 1.02. The van der Waals surface area contributed by atoms with Gasteiger partial charge in [0.05, 0.1) is 0 Å². The minimum Gasteiger partial charge on any atom is -0.316 e. The third-order valence-electron chi connectivity index (χ3n) is 1.18. The molecule has 2 heteroatoms. The average Bonchev–Trinajstić information content (AvgIpc) is 2.19. The molecular weight excluding hydrogens is 100 g/mol. The fourth-order valence-electron chi connectivity index (χ4n) is 0.825. The molecule has 0 unspecified atom stereocenters. The van der Waals surface area contributed by atoms with Crippen LogP contribution in [0.2, 0.25) is 0 Å². The molecule has 1 aliphatic rings. The van der Waals surface area contributed by atoms with Crippen LogP contribution < -0.4 is 5.43 Å². The molecule has 1 N–H and O–H groups in total. The predicted octanol–water partition coefficient (Wildman–Crippen LogP) is 0.730. The molecule has 0 bridgehead atoms. The van der Waals surface area contributed by atoms with Crippen LogP contribution in [0.25, 0.3) is 0 Å². The van der Waals surface area contributed by atoms with Crippen molar-refractivity contribution in [3.63, 3.8) is 0 Å². The van der Waals surface area contributed by atoms with Crippen molar-refractivity contribution >= 4 is 0 Å². The number of nitrogens with one attached hydrogen (secondary N) is 1. The first-order chi connectivity index (χ1) is 3.93. The maximum absolute atomic E-state index is 3.19. The van der Waals surface area contributed by atoms with Gasteiger partial charge in [-0.25, -0.2) is 5.43 Å². The van der Waals surface area contributed by atoms with E-state index in [1.807, 2.05) is 0 Å². The van der Waals surface area contributed by atoms with Crippen molar-refractivity contribution < 1.29 is 0 Å². The highest BCUT2D eigenvalue weighted by Gasteiger charge is 1.99. The van der Waals surface area contributed by atoms with E-state index in [-0.39, 0.29) is 0 Å². The zero-order chi connectivity index (χ0) is 5.82. The van der Waals surface area contributed by atoms with E-state index in [2.05, 4.69) is 29.6 Å². The number of rotatable bonds is 2. The van der Waals surface area contributed by atoms with E-state index < -0.39 is 0 Å². The smallest absolute Gasteiger partial charge is 0.0372 e. The molecule has 46 valence electrons. The second-order valence-corrected chi connectivity index (χ2v) is 1.88. The van der Waals surface area contributed by atoms with E-state index in [1.165, 1.54) is 6.42 Å². The molecule has 1 rings (SSSR count). The molecule has 8 heavy (non-hydrogen) atoms. The second kappa shape index (κ2) is 2.72. The van der Waals surface area contributed by atoms with Gasteiger partial charge in [-0.15, -0.1) is 0 Å². The Morgan fingerprint density at radius 2 is 2.62 bits per heavy atom. The van der Waals surface area contributed by atoms with Crippen molar-refractivity contribution in [3.8, 4) is 0 Å². The summed E-state index contributed by atoms with van der Waals surface area (Å²) in [6, 6.07) is 0. The maximum Gasteiger partial charge on any atom is 0.0372 e. The third kappa shape index (κ3) is 1.23. The largest absolute Gasteiger partial charge is 0.316 e. The fraction of sp³-hybridized carbons (Fsp3) is 0.667. The van der Waals surface area contributed by atoms with Gasteiger partial charge in [-0.3, -0.25) is 0 Å². The van der Waals surface area contributed by atoms with Gasteiger partial charge in [0.1, 0.15) is 0 Å². The summed E-state index contributed by atoms with van der Waals surface area (Å²) < 4.78 is 0. The summed E-state index contributed by atoms with van der Waals surface area (Å²) >= 11 is 0. The van der Waals surface area contributed by atoms with Crippen molar-refractivity contribution in [2.45, 2.75) is 13.3 Å². The molecule has 0 amide bonds. The van der Waals surface area contributed by atoms with Crippen LogP contribution in [0, 0.1) is 0 Å². The zero-order valence-electron chi connectivity index (χ0n) is 5.22. The molecule has 1 heterocycles. The lowest BCUT2D eigenvalue weighted by molar-refractivity contribution is 0.300. The highest BCUT2D eigenvalue weighted by molar-refractivity contribution is 4.88. The molecule has 0 spiro atoms. The minimum absolute atomic E-state index is 1.02. The van der Waals surface area contributed by atoms with Crippen LogP contribution >= 0.6 is 0 Å².